The first kappa shape index (κ1) is 24.2. The van der Waals surface area contributed by atoms with Crippen molar-refractivity contribution in [2.75, 3.05) is 18.8 Å². The molecule has 0 aromatic carbocycles. The minimum absolute atomic E-state index is 0.0755. The fourth-order valence-corrected chi connectivity index (χ4v) is 3.05. The molecular formula is C17H31N5O5S. The Morgan fingerprint density at radius 3 is 2.39 bits per heavy atom. The highest BCUT2D eigenvalue weighted by molar-refractivity contribution is 7.80. The fourth-order valence-electron chi connectivity index (χ4n) is 2.80. The average molecular weight is 418 g/mol. The van der Waals surface area contributed by atoms with Crippen LogP contribution in [-0.4, -0.2) is 71.8 Å². The maximum Gasteiger partial charge on any atom is 0.327 e. The summed E-state index contributed by atoms with van der Waals surface area (Å²) in [4.78, 5) is 48.1. The van der Waals surface area contributed by atoms with Crippen molar-refractivity contribution < 1.29 is 24.3 Å². The van der Waals surface area contributed by atoms with Gasteiger partial charge in [0, 0.05) is 5.75 Å². The summed E-state index contributed by atoms with van der Waals surface area (Å²) < 4.78 is 0. The number of carboxylic acids is 1. The van der Waals surface area contributed by atoms with E-state index in [4.69, 9.17) is 10.8 Å². The largest absolute Gasteiger partial charge is 0.480 e. The lowest BCUT2D eigenvalue weighted by atomic mass is 10.1. The lowest BCUT2D eigenvalue weighted by molar-refractivity contribution is -0.141. The Kier molecular flexibility index (Phi) is 10.9. The van der Waals surface area contributed by atoms with Crippen molar-refractivity contribution in [2.45, 2.75) is 63.2 Å². The third kappa shape index (κ3) is 8.03. The molecular weight excluding hydrogens is 386 g/mol. The minimum Gasteiger partial charge on any atom is -0.480 e. The number of carboxylic acid groups (broad SMARTS) is 1. The van der Waals surface area contributed by atoms with Crippen LogP contribution in [0, 0.1) is 0 Å². The van der Waals surface area contributed by atoms with Gasteiger partial charge in [-0.05, 0) is 52.1 Å². The monoisotopic (exact) mass is 417 g/mol. The van der Waals surface area contributed by atoms with Crippen LogP contribution in [-0.2, 0) is 19.2 Å². The van der Waals surface area contributed by atoms with Gasteiger partial charge in [0.1, 0.15) is 18.1 Å². The molecule has 28 heavy (non-hydrogen) atoms. The molecule has 0 aliphatic carbocycles. The topological polar surface area (TPSA) is 163 Å². The molecule has 0 spiro atoms. The van der Waals surface area contributed by atoms with Crippen molar-refractivity contribution in [1.82, 2.24) is 21.3 Å². The van der Waals surface area contributed by atoms with E-state index in [1.165, 1.54) is 6.92 Å². The van der Waals surface area contributed by atoms with Gasteiger partial charge in [-0.15, -0.1) is 0 Å². The second-order valence-corrected chi connectivity index (χ2v) is 7.17. The van der Waals surface area contributed by atoms with Crippen molar-refractivity contribution in [1.29, 1.82) is 0 Å². The Labute approximate surface area is 170 Å². The predicted molar refractivity (Wildman–Crippen MR) is 107 cm³/mol. The molecule has 1 aliphatic rings. The standard InChI is InChI=1S/C17H31N5O5S/c1-10(14(23)22-13(9-28)17(26)27)20-16(25)12(5-2-3-7-18)21-15(24)11-6-4-8-19-11/h10-13,19,28H,2-9,18H2,1H3,(H,20,25)(H,21,24)(H,22,23)(H,26,27). The van der Waals surface area contributed by atoms with Crippen LogP contribution in [0.1, 0.15) is 39.0 Å². The van der Waals surface area contributed by atoms with Gasteiger partial charge in [-0.3, -0.25) is 14.4 Å². The Morgan fingerprint density at radius 2 is 1.86 bits per heavy atom. The zero-order chi connectivity index (χ0) is 21.1. The van der Waals surface area contributed by atoms with E-state index in [0.29, 0.717) is 32.2 Å². The smallest absolute Gasteiger partial charge is 0.327 e. The van der Waals surface area contributed by atoms with Crippen LogP contribution in [0.25, 0.3) is 0 Å². The Balaban J connectivity index is 2.65. The summed E-state index contributed by atoms with van der Waals surface area (Å²) in [6, 6.07) is -3.23. The van der Waals surface area contributed by atoms with Crippen LogP contribution in [0.2, 0.25) is 0 Å². The van der Waals surface area contributed by atoms with Gasteiger partial charge in [0.25, 0.3) is 0 Å². The number of hydrogen-bond donors (Lipinski definition) is 7. The Hall–Kier alpha value is -1.85. The van der Waals surface area contributed by atoms with E-state index in [1.54, 1.807) is 0 Å². The third-order valence-corrected chi connectivity index (χ3v) is 4.87. The summed E-state index contributed by atoms with van der Waals surface area (Å²) in [6.07, 6.45) is 3.36. The molecule has 4 unspecified atom stereocenters. The van der Waals surface area contributed by atoms with Crippen LogP contribution < -0.4 is 27.0 Å². The van der Waals surface area contributed by atoms with E-state index in [1.807, 2.05) is 0 Å². The number of nitrogens with one attached hydrogen (secondary N) is 4. The molecule has 0 radical (unpaired) electrons. The maximum atomic E-state index is 12.6. The number of amides is 3. The van der Waals surface area contributed by atoms with Crippen molar-refractivity contribution in [3.63, 3.8) is 0 Å². The van der Waals surface area contributed by atoms with Crippen molar-refractivity contribution >= 4 is 36.3 Å². The van der Waals surface area contributed by atoms with E-state index in [-0.39, 0.29) is 17.7 Å². The molecule has 1 fully saturated rings. The van der Waals surface area contributed by atoms with E-state index in [9.17, 15) is 19.2 Å². The lowest BCUT2D eigenvalue weighted by Crippen LogP contribution is -2.56. The summed E-state index contributed by atoms with van der Waals surface area (Å²) in [5.74, 6) is -2.67. The van der Waals surface area contributed by atoms with Gasteiger partial charge in [-0.25, -0.2) is 4.79 Å². The van der Waals surface area contributed by atoms with Crippen LogP contribution in [0.15, 0.2) is 0 Å². The van der Waals surface area contributed by atoms with Gasteiger partial charge in [0.05, 0.1) is 6.04 Å². The Morgan fingerprint density at radius 1 is 1.14 bits per heavy atom. The molecule has 4 atom stereocenters. The highest BCUT2D eigenvalue weighted by Gasteiger charge is 2.29. The van der Waals surface area contributed by atoms with Crippen LogP contribution in [0.5, 0.6) is 0 Å². The van der Waals surface area contributed by atoms with Crippen LogP contribution in [0.4, 0.5) is 0 Å². The summed E-state index contributed by atoms with van der Waals surface area (Å²) in [6.45, 7) is 2.68. The third-order valence-electron chi connectivity index (χ3n) is 4.51. The zero-order valence-corrected chi connectivity index (χ0v) is 17.0. The van der Waals surface area contributed by atoms with E-state index in [0.717, 1.165) is 13.0 Å². The number of carbonyl (C=O) groups excluding carboxylic acids is 3. The van der Waals surface area contributed by atoms with Gasteiger partial charge in [-0.2, -0.15) is 12.6 Å². The van der Waals surface area contributed by atoms with Gasteiger partial charge < -0.3 is 32.1 Å². The highest BCUT2D eigenvalue weighted by Crippen LogP contribution is 2.07. The number of rotatable bonds is 12. The Bertz CT molecular complexity index is 556. The first-order valence-electron chi connectivity index (χ1n) is 9.48. The van der Waals surface area contributed by atoms with Gasteiger partial charge in [0.15, 0.2) is 0 Å². The van der Waals surface area contributed by atoms with E-state index < -0.39 is 35.9 Å². The van der Waals surface area contributed by atoms with Gasteiger partial charge in [0.2, 0.25) is 17.7 Å². The molecule has 0 bridgehead atoms. The summed E-state index contributed by atoms with van der Waals surface area (Å²) >= 11 is 3.88. The molecule has 7 N–H and O–H groups in total. The lowest BCUT2D eigenvalue weighted by Gasteiger charge is -2.23. The molecule has 1 heterocycles. The number of nitrogens with two attached hydrogens (primary N) is 1. The minimum atomic E-state index is -1.21. The number of unbranched alkanes of at least 4 members (excludes halogenated alkanes) is 1. The number of thiol groups is 1. The number of hydrogen-bond acceptors (Lipinski definition) is 7. The van der Waals surface area contributed by atoms with Crippen LogP contribution in [0.3, 0.4) is 0 Å². The number of aliphatic carboxylic acids is 1. The molecule has 0 aromatic rings. The molecule has 1 aliphatic heterocycles. The first-order valence-corrected chi connectivity index (χ1v) is 10.1. The van der Waals surface area contributed by atoms with Crippen molar-refractivity contribution in [2.24, 2.45) is 5.73 Å². The molecule has 10 nitrogen and oxygen atoms in total. The summed E-state index contributed by atoms with van der Waals surface area (Å²) in [5, 5.41) is 19.6. The molecule has 160 valence electrons. The average Bonchev–Trinajstić information content (AvgIpc) is 3.19. The van der Waals surface area contributed by atoms with Gasteiger partial charge >= 0.3 is 5.97 Å². The zero-order valence-electron chi connectivity index (χ0n) is 16.1. The van der Waals surface area contributed by atoms with Crippen molar-refractivity contribution in [3.8, 4) is 0 Å². The molecule has 1 rings (SSSR count). The highest BCUT2D eigenvalue weighted by atomic mass is 32.1. The summed E-state index contributed by atoms with van der Waals surface area (Å²) in [7, 11) is 0. The fraction of sp³-hybridized carbons (Fsp3) is 0.765. The quantitative estimate of drug-likeness (QED) is 0.148. The van der Waals surface area contributed by atoms with E-state index in [2.05, 4.69) is 33.9 Å². The molecule has 0 saturated carbocycles. The first-order chi connectivity index (χ1) is 13.3. The summed E-state index contributed by atoms with van der Waals surface area (Å²) in [5.41, 5.74) is 5.49. The van der Waals surface area contributed by atoms with Gasteiger partial charge in [-0.1, -0.05) is 0 Å². The molecule has 1 saturated heterocycles. The maximum absolute atomic E-state index is 12.6. The normalized spacial score (nSPS) is 19.3. The predicted octanol–water partition coefficient (Wildman–Crippen LogP) is -1.64. The van der Waals surface area contributed by atoms with E-state index >= 15 is 0 Å². The molecule has 11 heteroatoms. The second-order valence-electron chi connectivity index (χ2n) is 6.81. The second kappa shape index (κ2) is 12.6. The number of carbonyl (C=O) groups is 4. The SMILES string of the molecule is CC(NC(=O)C(CCCCN)NC(=O)C1CCCN1)C(=O)NC(CS)C(=O)O. The molecule has 3 amide bonds. The molecule has 0 aromatic heterocycles. The van der Waals surface area contributed by atoms with Crippen LogP contribution >= 0.6 is 12.6 Å². The van der Waals surface area contributed by atoms with Crippen molar-refractivity contribution in [3.05, 3.63) is 0 Å².